The fraction of sp³-hybridized carbons (Fsp3) is 0.524. The summed E-state index contributed by atoms with van der Waals surface area (Å²) in [6.07, 6.45) is 10.0. The predicted octanol–water partition coefficient (Wildman–Crippen LogP) is 2.34. The summed E-state index contributed by atoms with van der Waals surface area (Å²) in [4.78, 5) is 19.0. The molecule has 1 aromatic heterocycles. The number of piperidine rings is 1. The molecule has 0 radical (unpaired) electrons. The van der Waals surface area contributed by atoms with Gasteiger partial charge in [-0.1, -0.05) is 30.3 Å². The lowest BCUT2D eigenvalue weighted by molar-refractivity contribution is -0.123. The van der Waals surface area contributed by atoms with Crippen LogP contribution in [0.25, 0.3) is 0 Å². The number of likely N-dealkylation sites (tertiary alicyclic amines) is 1. The van der Waals surface area contributed by atoms with Gasteiger partial charge in [-0.05, 0) is 49.8 Å². The van der Waals surface area contributed by atoms with E-state index in [1.54, 1.807) is 12.5 Å². The molecule has 2 fully saturated rings. The van der Waals surface area contributed by atoms with Gasteiger partial charge in [-0.3, -0.25) is 4.79 Å². The van der Waals surface area contributed by atoms with Gasteiger partial charge >= 0.3 is 0 Å². The SMILES string of the molecule is O=C(NCCn1ccnc1)[C@@H]1CC12CCN(CCc1ccccc1)CC2. The molecule has 1 amide bonds. The van der Waals surface area contributed by atoms with E-state index in [0.29, 0.717) is 12.0 Å². The molecular weight excluding hydrogens is 324 g/mol. The van der Waals surface area contributed by atoms with Crippen LogP contribution in [0.5, 0.6) is 0 Å². The summed E-state index contributed by atoms with van der Waals surface area (Å²) in [6.45, 7) is 4.86. The van der Waals surface area contributed by atoms with Gasteiger partial charge in [-0.2, -0.15) is 0 Å². The van der Waals surface area contributed by atoms with Crippen molar-refractivity contribution in [3.63, 3.8) is 0 Å². The number of hydrogen-bond donors (Lipinski definition) is 1. The number of imidazole rings is 1. The van der Waals surface area contributed by atoms with Crippen molar-refractivity contribution in [2.75, 3.05) is 26.2 Å². The van der Waals surface area contributed by atoms with Gasteiger partial charge in [-0.25, -0.2) is 4.98 Å². The van der Waals surface area contributed by atoms with Crippen molar-refractivity contribution >= 4 is 5.91 Å². The number of nitrogens with zero attached hydrogens (tertiary/aromatic N) is 3. The van der Waals surface area contributed by atoms with Gasteiger partial charge in [0.05, 0.1) is 6.33 Å². The second-order valence-corrected chi connectivity index (χ2v) is 7.79. The predicted molar refractivity (Wildman–Crippen MR) is 102 cm³/mol. The molecule has 2 aromatic rings. The molecule has 2 aliphatic rings. The second kappa shape index (κ2) is 7.62. The topological polar surface area (TPSA) is 50.2 Å². The normalized spacial score (nSPS) is 21.6. The Hall–Kier alpha value is -2.14. The second-order valence-electron chi connectivity index (χ2n) is 7.79. The molecule has 2 heterocycles. The number of amides is 1. The quantitative estimate of drug-likeness (QED) is 0.832. The van der Waals surface area contributed by atoms with Crippen LogP contribution in [0.3, 0.4) is 0 Å². The first-order valence-electron chi connectivity index (χ1n) is 9.75. The molecule has 26 heavy (non-hydrogen) atoms. The van der Waals surface area contributed by atoms with Crippen molar-refractivity contribution in [3.05, 3.63) is 54.6 Å². The molecule has 0 unspecified atom stereocenters. The number of hydrogen-bond acceptors (Lipinski definition) is 3. The van der Waals surface area contributed by atoms with E-state index in [-0.39, 0.29) is 11.8 Å². The molecule has 1 spiro atoms. The van der Waals surface area contributed by atoms with E-state index >= 15 is 0 Å². The van der Waals surface area contributed by atoms with Gasteiger partial charge in [0.2, 0.25) is 5.91 Å². The molecule has 1 aliphatic heterocycles. The maximum atomic E-state index is 12.4. The number of aromatic nitrogens is 2. The van der Waals surface area contributed by atoms with Gasteiger partial charge in [0, 0.05) is 37.9 Å². The Morgan fingerprint density at radius 1 is 1.19 bits per heavy atom. The van der Waals surface area contributed by atoms with Crippen molar-refractivity contribution in [2.24, 2.45) is 11.3 Å². The summed E-state index contributed by atoms with van der Waals surface area (Å²) in [5.41, 5.74) is 1.71. The highest BCUT2D eigenvalue weighted by Crippen LogP contribution is 2.59. The van der Waals surface area contributed by atoms with E-state index in [0.717, 1.165) is 39.0 Å². The molecule has 1 aromatic carbocycles. The summed E-state index contributed by atoms with van der Waals surface area (Å²) in [5, 5.41) is 3.11. The third kappa shape index (κ3) is 3.98. The Balaban J connectivity index is 1.17. The van der Waals surface area contributed by atoms with Gasteiger partial charge in [0.25, 0.3) is 0 Å². The number of nitrogens with one attached hydrogen (secondary N) is 1. The highest BCUT2D eigenvalue weighted by molar-refractivity contribution is 5.82. The molecule has 1 atom stereocenters. The Labute approximate surface area is 155 Å². The molecule has 5 nitrogen and oxygen atoms in total. The van der Waals surface area contributed by atoms with Crippen molar-refractivity contribution in [1.29, 1.82) is 0 Å². The highest BCUT2D eigenvalue weighted by Gasteiger charge is 2.58. The smallest absolute Gasteiger partial charge is 0.223 e. The van der Waals surface area contributed by atoms with E-state index < -0.39 is 0 Å². The van der Waals surface area contributed by atoms with Gasteiger partial charge < -0.3 is 14.8 Å². The Bertz CT molecular complexity index is 705. The Morgan fingerprint density at radius 2 is 2.00 bits per heavy atom. The third-order valence-electron chi connectivity index (χ3n) is 6.15. The minimum Gasteiger partial charge on any atom is -0.354 e. The van der Waals surface area contributed by atoms with E-state index in [1.807, 2.05) is 10.8 Å². The minimum atomic E-state index is 0.238. The number of carbonyl (C=O) groups is 1. The minimum absolute atomic E-state index is 0.238. The lowest BCUT2D eigenvalue weighted by atomic mass is 9.90. The lowest BCUT2D eigenvalue weighted by Gasteiger charge is -2.32. The van der Waals surface area contributed by atoms with Crippen LogP contribution in [-0.2, 0) is 17.8 Å². The first-order valence-corrected chi connectivity index (χ1v) is 9.75. The average Bonchev–Trinajstić information content (AvgIpc) is 3.12. The summed E-state index contributed by atoms with van der Waals surface area (Å²) in [6, 6.07) is 10.7. The summed E-state index contributed by atoms with van der Waals surface area (Å²) < 4.78 is 1.99. The van der Waals surface area contributed by atoms with Crippen LogP contribution in [-0.4, -0.2) is 46.5 Å². The van der Waals surface area contributed by atoms with Crippen LogP contribution >= 0.6 is 0 Å². The number of rotatable bonds is 7. The van der Waals surface area contributed by atoms with Crippen LogP contribution < -0.4 is 5.32 Å². The summed E-state index contributed by atoms with van der Waals surface area (Å²) in [7, 11) is 0. The molecule has 1 saturated heterocycles. The average molecular weight is 352 g/mol. The zero-order valence-electron chi connectivity index (χ0n) is 15.3. The first kappa shape index (κ1) is 17.3. The maximum Gasteiger partial charge on any atom is 0.223 e. The molecule has 1 N–H and O–H groups in total. The van der Waals surface area contributed by atoms with Gasteiger partial charge in [0.1, 0.15) is 0 Å². The number of benzene rings is 1. The Kier molecular flexibility index (Phi) is 5.07. The van der Waals surface area contributed by atoms with Crippen molar-refractivity contribution < 1.29 is 4.79 Å². The van der Waals surface area contributed by atoms with Crippen LogP contribution in [0.4, 0.5) is 0 Å². The van der Waals surface area contributed by atoms with Crippen molar-refractivity contribution in [3.8, 4) is 0 Å². The standard InChI is InChI=1S/C21H28N4O/c26-20(23-10-15-25-14-9-22-17-25)19-16-21(19)7-12-24(13-8-21)11-6-18-4-2-1-3-5-18/h1-5,9,14,17,19H,6-8,10-13,15-16H2,(H,23,26)/t19-/m0/s1. The summed E-state index contributed by atoms with van der Waals surface area (Å²) in [5.74, 6) is 0.490. The number of carbonyl (C=O) groups excluding carboxylic acids is 1. The van der Waals surface area contributed by atoms with Crippen LogP contribution in [0.1, 0.15) is 24.8 Å². The van der Waals surface area contributed by atoms with Crippen LogP contribution in [0, 0.1) is 11.3 Å². The largest absolute Gasteiger partial charge is 0.354 e. The van der Waals surface area contributed by atoms with Crippen molar-refractivity contribution in [2.45, 2.75) is 32.2 Å². The first-order chi connectivity index (χ1) is 12.8. The Morgan fingerprint density at radius 3 is 2.73 bits per heavy atom. The van der Waals surface area contributed by atoms with Crippen LogP contribution in [0.15, 0.2) is 49.1 Å². The highest BCUT2D eigenvalue weighted by atomic mass is 16.2. The zero-order valence-corrected chi connectivity index (χ0v) is 15.3. The molecule has 1 aliphatic carbocycles. The summed E-state index contributed by atoms with van der Waals surface area (Å²) >= 11 is 0. The lowest BCUT2D eigenvalue weighted by Crippen LogP contribution is -2.38. The molecule has 138 valence electrons. The van der Waals surface area contributed by atoms with E-state index in [9.17, 15) is 4.79 Å². The van der Waals surface area contributed by atoms with Crippen molar-refractivity contribution in [1.82, 2.24) is 19.8 Å². The molecule has 0 bridgehead atoms. The van der Waals surface area contributed by atoms with E-state index in [1.165, 1.54) is 18.4 Å². The van der Waals surface area contributed by atoms with E-state index in [2.05, 4.69) is 45.5 Å². The fourth-order valence-corrected chi connectivity index (χ4v) is 4.28. The molecule has 5 heteroatoms. The van der Waals surface area contributed by atoms with Gasteiger partial charge in [-0.15, -0.1) is 0 Å². The fourth-order valence-electron chi connectivity index (χ4n) is 4.28. The van der Waals surface area contributed by atoms with Crippen LogP contribution in [0.2, 0.25) is 0 Å². The zero-order chi connectivity index (χ0) is 17.8. The van der Waals surface area contributed by atoms with Gasteiger partial charge in [0.15, 0.2) is 0 Å². The maximum absolute atomic E-state index is 12.4. The monoisotopic (exact) mass is 352 g/mol. The molecular formula is C21H28N4O. The van der Waals surface area contributed by atoms with E-state index in [4.69, 9.17) is 0 Å². The molecule has 1 saturated carbocycles. The molecule has 4 rings (SSSR count). The third-order valence-corrected chi connectivity index (χ3v) is 6.15.